The number of benzene rings is 2. The quantitative estimate of drug-likeness (QED) is 0.435. The Kier molecular flexibility index (Phi) is 4.85. The predicted molar refractivity (Wildman–Crippen MR) is 120 cm³/mol. The molecule has 0 fully saturated rings. The Labute approximate surface area is 188 Å². The fraction of sp³-hybridized carbons (Fsp3) is 0.200. The van der Waals surface area contributed by atoms with Crippen LogP contribution in [0.2, 0.25) is 0 Å². The summed E-state index contributed by atoms with van der Waals surface area (Å²) >= 11 is 0. The number of aryl methyl sites for hydroxylation is 2. The van der Waals surface area contributed by atoms with Gasteiger partial charge in [0.25, 0.3) is 5.91 Å². The van der Waals surface area contributed by atoms with Gasteiger partial charge in [-0.05, 0) is 48.7 Å². The summed E-state index contributed by atoms with van der Waals surface area (Å²) in [6, 6.07) is 12.8. The number of methoxy groups -OCH3 is 1. The number of hydrogen-bond donors (Lipinski definition) is 0. The standard InChI is InChI=1S/C25H20N2O6/c1-4-14-5-10-18-17(12-14)22(28)20-21(15-6-8-16(9-7-15)25(30)31-3)27(24(29)23(20)32-18)19-11-13(2)33-26-19/h5-12,21H,4H2,1-3H3/t21-/m0/s1. The number of nitrogens with zero attached hydrogens (tertiary/aromatic N) is 2. The van der Waals surface area contributed by atoms with Crippen LogP contribution in [0.1, 0.15) is 56.3 Å². The van der Waals surface area contributed by atoms with E-state index in [2.05, 4.69) is 5.16 Å². The maximum atomic E-state index is 13.7. The third-order valence-electron chi connectivity index (χ3n) is 5.85. The van der Waals surface area contributed by atoms with Crippen molar-refractivity contribution < 1.29 is 23.3 Å². The van der Waals surface area contributed by atoms with Gasteiger partial charge in [-0.25, -0.2) is 4.79 Å². The molecule has 0 N–H and O–H groups in total. The highest BCUT2D eigenvalue weighted by Crippen LogP contribution is 2.41. The van der Waals surface area contributed by atoms with Gasteiger partial charge in [-0.3, -0.25) is 14.5 Å². The number of ether oxygens (including phenoxy) is 1. The van der Waals surface area contributed by atoms with Gasteiger partial charge >= 0.3 is 5.97 Å². The molecule has 1 atom stereocenters. The summed E-state index contributed by atoms with van der Waals surface area (Å²) in [6.07, 6.45) is 0.758. The molecular weight excluding hydrogens is 424 g/mol. The van der Waals surface area contributed by atoms with Crippen molar-refractivity contribution in [1.82, 2.24) is 5.16 Å². The van der Waals surface area contributed by atoms with E-state index in [1.165, 1.54) is 12.0 Å². The molecule has 0 saturated carbocycles. The van der Waals surface area contributed by atoms with Crippen LogP contribution >= 0.6 is 0 Å². The molecule has 2 aromatic carbocycles. The molecule has 8 heteroatoms. The van der Waals surface area contributed by atoms with Crippen LogP contribution in [0.3, 0.4) is 0 Å². The Morgan fingerprint density at radius 3 is 2.52 bits per heavy atom. The predicted octanol–water partition coefficient (Wildman–Crippen LogP) is 4.19. The molecule has 1 aliphatic heterocycles. The van der Waals surface area contributed by atoms with Gasteiger partial charge in [0.2, 0.25) is 5.76 Å². The van der Waals surface area contributed by atoms with E-state index in [9.17, 15) is 14.4 Å². The maximum absolute atomic E-state index is 13.7. The van der Waals surface area contributed by atoms with Gasteiger partial charge in [-0.1, -0.05) is 30.3 Å². The lowest BCUT2D eigenvalue weighted by Crippen LogP contribution is -2.29. The van der Waals surface area contributed by atoms with Gasteiger partial charge in [0.15, 0.2) is 11.2 Å². The monoisotopic (exact) mass is 444 g/mol. The van der Waals surface area contributed by atoms with Crippen molar-refractivity contribution in [2.75, 3.05) is 12.0 Å². The molecule has 1 aliphatic rings. The topological polar surface area (TPSA) is 103 Å². The molecule has 5 rings (SSSR count). The van der Waals surface area contributed by atoms with Crippen LogP contribution in [-0.4, -0.2) is 24.1 Å². The SMILES string of the molecule is CCc1ccc2oc3c(c(=O)c2c1)[C@H](c1ccc(C(=O)OC)cc1)N(c1cc(C)on1)C3=O. The molecule has 0 radical (unpaired) electrons. The van der Waals surface area contributed by atoms with Gasteiger partial charge in [0.1, 0.15) is 11.3 Å². The van der Waals surface area contributed by atoms with Gasteiger partial charge in [-0.2, -0.15) is 0 Å². The Balaban J connectivity index is 1.75. The first kappa shape index (κ1) is 20.7. The normalized spacial score (nSPS) is 15.2. The molecule has 0 spiro atoms. The highest BCUT2D eigenvalue weighted by molar-refractivity contribution is 6.10. The first-order chi connectivity index (χ1) is 15.9. The number of fused-ring (bicyclic) bond motifs is 2. The molecule has 0 unspecified atom stereocenters. The number of carbonyl (C=O) groups excluding carboxylic acids is 2. The summed E-state index contributed by atoms with van der Waals surface area (Å²) in [5.41, 5.74) is 2.26. The van der Waals surface area contributed by atoms with Crippen LogP contribution < -0.4 is 10.3 Å². The molecule has 166 valence electrons. The van der Waals surface area contributed by atoms with Gasteiger partial charge in [0, 0.05) is 6.07 Å². The summed E-state index contributed by atoms with van der Waals surface area (Å²) in [5.74, 6) is -0.210. The zero-order valence-corrected chi connectivity index (χ0v) is 18.2. The van der Waals surface area contributed by atoms with Gasteiger partial charge in [0.05, 0.1) is 29.7 Å². The van der Waals surface area contributed by atoms with E-state index in [0.717, 1.165) is 12.0 Å². The molecule has 0 bridgehead atoms. The Morgan fingerprint density at radius 2 is 1.88 bits per heavy atom. The van der Waals surface area contributed by atoms with E-state index in [4.69, 9.17) is 13.7 Å². The highest BCUT2D eigenvalue weighted by Gasteiger charge is 2.44. The number of rotatable bonds is 4. The van der Waals surface area contributed by atoms with Crippen molar-refractivity contribution in [3.05, 3.63) is 92.5 Å². The molecule has 1 amide bonds. The average Bonchev–Trinajstić information content (AvgIpc) is 3.39. The third kappa shape index (κ3) is 3.22. The van der Waals surface area contributed by atoms with Crippen molar-refractivity contribution in [1.29, 1.82) is 0 Å². The number of anilines is 1. The van der Waals surface area contributed by atoms with Crippen molar-refractivity contribution in [2.45, 2.75) is 26.3 Å². The van der Waals surface area contributed by atoms with Crippen molar-refractivity contribution in [3.8, 4) is 0 Å². The van der Waals surface area contributed by atoms with Crippen LogP contribution in [0, 0.1) is 6.92 Å². The lowest BCUT2D eigenvalue weighted by molar-refractivity contribution is 0.0600. The van der Waals surface area contributed by atoms with Crippen molar-refractivity contribution >= 4 is 28.7 Å². The first-order valence-electron chi connectivity index (χ1n) is 10.5. The lowest BCUT2D eigenvalue weighted by Gasteiger charge is -2.22. The van der Waals surface area contributed by atoms with Crippen LogP contribution in [0.5, 0.6) is 0 Å². The minimum atomic E-state index is -0.797. The number of aromatic nitrogens is 1. The number of hydrogen-bond acceptors (Lipinski definition) is 7. The molecule has 4 aromatic rings. The van der Waals surface area contributed by atoms with Gasteiger partial charge in [-0.15, -0.1) is 0 Å². The molecule has 8 nitrogen and oxygen atoms in total. The third-order valence-corrected chi connectivity index (χ3v) is 5.85. The van der Waals surface area contributed by atoms with Crippen LogP contribution in [-0.2, 0) is 11.2 Å². The van der Waals surface area contributed by atoms with E-state index in [0.29, 0.717) is 27.9 Å². The van der Waals surface area contributed by atoms with Crippen molar-refractivity contribution in [3.63, 3.8) is 0 Å². The molecule has 0 saturated heterocycles. The second-order valence-electron chi connectivity index (χ2n) is 7.85. The Hall–Kier alpha value is -4.20. The molecular formula is C25H20N2O6. The van der Waals surface area contributed by atoms with E-state index in [-0.39, 0.29) is 22.6 Å². The van der Waals surface area contributed by atoms with Crippen LogP contribution in [0.15, 0.2) is 62.3 Å². The summed E-state index contributed by atoms with van der Waals surface area (Å²) < 4.78 is 15.9. The van der Waals surface area contributed by atoms with Crippen molar-refractivity contribution in [2.24, 2.45) is 0 Å². The highest BCUT2D eigenvalue weighted by atomic mass is 16.5. The average molecular weight is 444 g/mol. The molecule has 33 heavy (non-hydrogen) atoms. The Morgan fingerprint density at radius 1 is 1.12 bits per heavy atom. The number of amides is 1. The molecule has 3 heterocycles. The van der Waals surface area contributed by atoms with Gasteiger partial charge < -0.3 is 13.7 Å². The number of carbonyl (C=O) groups is 2. The van der Waals surface area contributed by atoms with Crippen LogP contribution in [0.4, 0.5) is 5.82 Å². The molecule has 0 aliphatic carbocycles. The van der Waals surface area contributed by atoms with E-state index in [1.54, 1.807) is 49.4 Å². The fourth-order valence-corrected chi connectivity index (χ4v) is 4.18. The zero-order valence-electron chi connectivity index (χ0n) is 18.2. The Bertz CT molecular complexity index is 1460. The zero-order chi connectivity index (χ0) is 23.3. The largest absolute Gasteiger partial charge is 0.465 e. The van der Waals surface area contributed by atoms with Crippen LogP contribution in [0.25, 0.3) is 11.0 Å². The fourth-order valence-electron chi connectivity index (χ4n) is 4.18. The maximum Gasteiger partial charge on any atom is 0.337 e. The second-order valence-corrected chi connectivity index (χ2v) is 7.85. The summed E-state index contributed by atoms with van der Waals surface area (Å²) in [5, 5.41) is 4.42. The van der Waals surface area contributed by atoms with E-state index < -0.39 is 17.9 Å². The van der Waals surface area contributed by atoms with E-state index >= 15 is 0 Å². The summed E-state index contributed by atoms with van der Waals surface area (Å²) in [7, 11) is 1.30. The summed E-state index contributed by atoms with van der Waals surface area (Å²) in [4.78, 5) is 40.4. The number of esters is 1. The molecule has 2 aromatic heterocycles. The first-order valence-corrected chi connectivity index (χ1v) is 10.5. The minimum absolute atomic E-state index is 0.0283. The second kappa shape index (κ2) is 7.74. The minimum Gasteiger partial charge on any atom is -0.465 e. The lowest BCUT2D eigenvalue weighted by atomic mass is 9.97. The van der Waals surface area contributed by atoms with E-state index in [1.807, 2.05) is 13.0 Å². The summed E-state index contributed by atoms with van der Waals surface area (Å²) in [6.45, 7) is 3.72. The smallest absolute Gasteiger partial charge is 0.337 e.